The molecule has 0 aliphatic heterocycles. The number of carbonyl (C=O) groups is 1. The van der Waals surface area contributed by atoms with Gasteiger partial charge in [-0.05, 0) is 11.1 Å². The Balaban J connectivity index is 1.64. The van der Waals surface area contributed by atoms with Crippen LogP contribution >= 0.6 is 0 Å². The van der Waals surface area contributed by atoms with E-state index >= 15 is 0 Å². The highest BCUT2D eigenvalue weighted by Gasteiger charge is 2.12. The SMILES string of the molecule is O=C(NCCOS(=O)(=O)Cc1ccccc1)OCc1ccccc1. The maximum Gasteiger partial charge on any atom is 0.407 e. The van der Waals surface area contributed by atoms with Gasteiger partial charge in [0.1, 0.15) is 12.4 Å². The normalized spacial score (nSPS) is 11.0. The molecule has 0 saturated heterocycles. The van der Waals surface area contributed by atoms with Gasteiger partial charge in [0.05, 0.1) is 6.61 Å². The fourth-order valence-corrected chi connectivity index (χ4v) is 2.94. The minimum absolute atomic E-state index is 0.0433. The Labute approximate surface area is 141 Å². The molecule has 1 amide bonds. The minimum atomic E-state index is -3.68. The lowest BCUT2D eigenvalue weighted by atomic mass is 10.2. The van der Waals surface area contributed by atoms with Crippen LogP contribution in [0.4, 0.5) is 4.79 Å². The van der Waals surface area contributed by atoms with Gasteiger partial charge in [0, 0.05) is 6.54 Å². The van der Waals surface area contributed by atoms with E-state index in [1.165, 1.54) is 0 Å². The first-order chi connectivity index (χ1) is 11.6. The van der Waals surface area contributed by atoms with Crippen molar-refractivity contribution >= 4 is 16.2 Å². The summed E-state index contributed by atoms with van der Waals surface area (Å²) in [6.45, 7) is 0.0527. The van der Waals surface area contributed by atoms with Gasteiger partial charge < -0.3 is 10.1 Å². The zero-order valence-corrected chi connectivity index (χ0v) is 13.9. The average Bonchev–Trinajstić information content (AvgIpc) is 2.58. The second-order valence-corrected chi connectivity index (χ2v) is 6.64. The molecule has 0 heterocycles. The number of benzene rings is 2. The highest BCUT2D eigenvalue weighted by atomic mass is 32.2. The fourth-order valence-electron chi connectivity index (χ4n) is 1.92. The van der Waals surface area contributed by atoms with E-state index in [-0.39, 0.29) is 25.5 Å². The lowest BCUT2D eigenvalue weighted by molar-refractivity contribution is 0.137. The van der Waals surface area contributed by atoms with E-state index in [9.17, 15) is 13.2 Å². The van der Waals surface area contributed by atoms with Crippen LogP contribution in [0.25, 0.3) is 0 Å². The largest absolute Gasteiger partial charge is 0.445 e. The molecule has 2 aromatic rings. The molecule has 0 fully saturated rings. The van der Waals surface area contributed by atoms with E-state index < -0.39 is 16.2 Å². The van der Waals surface area contributed by atoms with Crippen molar-refractivity contribution in [1.29, 1.82) is 0 Å². The molecule has 24 heavy (non-hydrogen) atoms. The van der Waals surface area contributed by atoms with Gasteiger partial charge in [0.2, 0.25) is 0 Å². The first-order valence-electron chi connectivity index (χ1n) is 7.41. The molecule has 1 N–H and O–H groups in total. The van der Waals surface area contributed by atoms with Gasteiger partial charge in [-0.15, -0.1) is 0 Å². The molecule has 128 valence electrons. The first-order valence-corrected chi connectivity index (χ1v) is 8.98. The van der Waals surface area contributed by atoms with E-state index in [2.05, 4.69) is 5.32 Å². The van der Waals surface area contributed by atoms with Crippen LogP contribution in [0.15, 0.2) is 60.7 Å². The number of carbonyl (C=O) groups excluding carboxylic acids is 1. The maximum atomic E-state index is 11.8. The van der Waals surface area contributed by atoms with Crippen LogP contribution < -0.4 is 5.32 Å². The molecule has 0 aromatic heterocycles. The van der Waals surface area contributed by atoms with Gasteiger partial charge in [-0.25, -0.2) is 4.79 Å². The summed E-state index contributed by atoms with van der Waals surface area (Å²) in [5.74, 6) is -0.202. The number of nitrogens with one attached hydrogen (secondary N) is 1. The monoisotopic (exact) mass is 349 g/mol. The average molecular weight is 349 g/mol. The summed E-state index contributed by atoms with van der Waals surface area (Å²) in [5.41, 5.74) is 1.52. The van der Waals surface area contributed by atoms with Crippen LogP contribution in [0.1, 0.15) is 11.1 Å². The summed E-state index contributed by atoms with van der Waals surface area (Å²) < 4.78 is 33.4. The van der Waals surface area contributed by atoms with Crippen molar-refractivity contribution < 1.29 is 22.1 Å². The summed E-state index contributed by atoms with van der Waals surface area (Å²) >= 11 is 0. The maximum absolute atomic E-state index is 11.8. The second-order valence-electron chi connectivity index (χ2n) is 5.00. The first kappa shape index (κ1) is 18.0. The Kier molecular flexibility index (Phi) is 6.77. The third kappa shape index (κ3) is 6.80. The van der Waals surface area contributed by atoms with Crippen LogP contribution in [0.5, 0.6) is 0 Å². The number of ether oxygens (including phenoxy) is 1. The van der Waals surface area contributed by atoms with E-state index in [4.69, 9.17) is 8.92 Å². The molecule has 0 spiro atoms. The Morgan fingerprint density at radius 1 is 0.917 bits per heavy atom. The number of hydrogen-bond acceptors (Lipinski definition) is 5. The van der Waals surface area contributed by atoms with Crippen molar-refractivity contribution in [3.63, 3.8) is 0 Å². The lowest BCUT2D eigenvalue weighted by Crippen LogP contribution is -2.28. The number of hydrogen-bond donors (Lipinski definition) is 1. The molecule has 6 nitrogen and oxygen atoms in total. The molecule has 7 heteroatoms. The minimum Gasteiger partial charge on any atom is -0.445 e. The predicted molar refractivity (Wildman–Crippen MR) is 89.6 cm³/mol. The smallest absolute Gasteiger partial charge is 0.407 e. The van der Waals surface area contributed by atoms with Crippen molar-refractivity contribution in [1.82, 2.24) is 5.32 Å². The molecule has 0 unspecified atom stereocenters. The van der Waals surface area contributed by atoms with Gasteiger partial charge in [-0.1, -0.05) is 60.7 Å². The van der Waals surface area contributed by atoms with Gasteiger partial charge in [0.15, 0.2) is 0 Å². The quantitative estimate of drug-likeness (QED) is 0.585. The predicted octanol–water partition coefficient (Wildman–Crippen LogP) is 2.46. The van der Waals surface area contributed by atoms with Gasteiger partial charge in [0.25, 0.3) is 10.1 Å². The summed E-state index contributed by atoms with van der Waals surface area (Å²) in [7, 11) is -3.68. The van der Waals surface area contributed by atoms with Crippen LogP contribution in [-0.4, -0.2) is 27.7 Å². The summed E-state index contributed by atoms with van der Waals surface area (Å²) in [6.07, 6.45) is -0.622. The van der Waals surface area contributed by atoms with Crippen molar-refractivity contribution in [3.05, 3.63) is 71.8 Å². The fraction of sp³-hybridized carbons (Fsp3) is 0.235. The Morgan fingerprint density at radius 3 is 2.12 bits per heavy atom. The van der Waals surface area contributed by atoms with Crippen molar-refractivity contribution in [3.8, 4) is 0 Å². The Morgan fingerprint density at radius 2 is 1.50 bits per heavy atom. The zero-order valence-electron chi connectivity index (χ0n) is 13.1. The molecule has 0 aliphatic rings. The van der Waals surface area contributed by atoms with Crippen molar-refractivity contribution in [2.24, 2.45) is 0 Å². The molecule has 2 aromatic carbocycles. The second kappa shape index (κ2) is 9.05. The van der Waals surface area contributed by atoms with E-state index in [1.54, 1.807) is 24.3 Å². The third-order valence-electron chi connectivity index (χ3n) is 3.03. The highest BCUT2D eigenvalue weighted by Crippen LogP contribution is 2.06. The third-order valence-corrected chi connectivity index (χ3v) is 4.25. The lowest BCUT2D eigenvalue weighted by Gasteiger charge is -2.08. The molecule has 0 atom stereocenters. The number of amides is 1. The van der Waals surface area contributed by atoms with Crippen LogP contribution in [0.3, 0.4) is 0 Å². The van der Waals surface area contributed by atoms with E-state index in [0.29, 0.717) is 5.56 Å². The zero-order chi connectivity index (χ0) is 17.3. The molecular weight excluding hydrogens is 330 g/mol. The Bertz CT molecular complexity index is 732. The van der Waals surface area contributed by atoms with Gasteiger partial charge >= 0.3 is 6.09 Å². The summed E-state index contributed by atoms with van der Waals surface area (Å²) in [4.78, 5) is 11.5. The summed E-state index contributed by atoms with van der Waals surface area (Å²) in [5, 5.41) is 2.44. The topological polar surface area (TPSA) is 81.7 Å². The van der Waals surface area contributed by atoms with Gasteiger partial charge in [-0.3, -0.25) is 4.18 Å². The van der Waals surface area contributed by atoms with Crippen molar-refractivity contribution in [2.45, 2.75) is 12.4 Å². The van der Waals surface area contributed by atoms with E-state index in [1.807, 2.05) is 36.4 Å². The van der Waals surface area contributed by atoms with E-state index in [0.717, 1.165) is 5.56 Å². The standard InChI is InChI=1S/C17H19NO5S/c19-17(22-13-15-7-3-1-4-8-15)18-11-12-23-24(20,21)14-16-9-5-2-6-10-16/h1-10H,11-14H2,(H,18,19). The summed E-state index contributed by atoms with van der Waals surface area (Å²) in [6, 6.07) is 18.0. The van der Waals surface area contributed by atoms with Gasteiger partial charge in [-0.2, -0.15) is 8.42 Å². The molecule has 2 rings (SSSR count). The molecule has 0 radical (unpaired) electrons. The van der Waals surface area contributed by atoms with Crippen LogP contribution in [0.2, 0.25) is 0 Å². The van der Waals surface area contributed by atoms with Crippen LogP contribution in [-0.2, 0) is 31.4 Å². The Hall–Kier alpha value is -2.38. The molecule has 0 saturated carbocycles. The number of alkyl carbamates (subject to hydrolysis) is 1. The molecular formula is C17H19NO5S. The number of rotatable bonds is 8. The van der Waals surface area contributed by atoms with Crippen molar-refractivity contribution in [2.75, 3.05) is 13.2 Å². The van der Waals surface area contributed by atoms with Crippen LogP contribution in [0, 0.1) is 0 Å². The highest BCUT2D eigenvalue weighted by molar-refractivity contribution is 7.85. The molecule has 0 aliphatic carbocycles. The molecule has 0 bridgehead atoms.